The molecule has 1 aromatic carbocycles. The lowest BCUT2D eigenvalue weighted by Gasteiger charge is -2.07. The molecule has 0 heterocycles. The Bertz CT molecular complexity index is 599. The lowest BCUT2D eigenvalue weighted by molar-refractivity contribution is 0.0696. The fraction of sp³-hybridized carbons (Fsp3) is 0.250. The van der Waals surface area contributed by atoms with Crippen LogP contribution in [-0.4, -0.2) is 26.0 Å². The second-order valence-corrected chi connectivity index (χ2v) is 5.40. The van der Waals surface area contributed by atoms with E-state index in [1.165, 1.54) is 12.1 Å². The largest absolute Gasteiger partial charge is 0.478 e. The van der Waals surface area contributed by atoms with Crippen molar-refractivity contribution in [2.24, 2.45) is 0 Å². The summed E-state index contributed by atoms with van der Waals surface area (Å²) < 4.78 is 25.9. The van der Waals surface area contributed by atoms with Crippen LogP contribution in [0.4, 0.5) is 0 Å². The topological polar surface area (TPSA) is 83.5 Å². The summed E-state index contributed by atoms with van der Waals surface area (Å²) in [5.74, 6) is 1.15. The normalized spacial score (nSPS) is 10.9. The first kappa shape index (κ1) is 14.2. The molecular formula is C12H13NO4S. The SMILES string of the molecule is C#CCCNS(=O)(=O)c1ccc(C)c(C(=O)O)c1. The lowest BCUT2D eigenvalue weighted by atomic mass is 10.1. The Morgan fingerprint density at radius 2 is 2.17 bits per heavy atom. The molecule has 5 nitrogen and oxygen atoms in total. The smallest absolute Gasteiger partial charge is 0.335 e. The zero-order valence-electron chi connectivity index (χ0n) is 9.80. The van der Waals surface area contributed by atoms with E-state index >= 15 is 0 Å². The van der Waals surface area contributed by atoms with E-state index in [-0.39, 0.29) is 23.4 Å². The summed E-state index contributed by atoms with van der Waals surface area (Å²) in [5, 5.41) is 8.93. The molecule has 1 rings (SSSR count). The molecule has 0 aliphatic heterocycles. The Balaban J connectivity index is 3.07. The fourth-order valence-electron chi connectivity index (χ4n) is 1.34. The number of terminal acetylenes is 1. The first-order chi connectivity index (χ1) is 8.38. The van der Waals surface area contributed by atoms with Crippen molar-refractivity contribution in [1.29, 1.82) is 0 Å². The van der Waals surface area contributed by atoms with E-state index < -0.39 is 16.0 Å². The van der Waals surface area contributed by atoms with Crippen molar-refractivity contribution in [2.75, 3.05) is 6.54 Å². The number of carboxylic acid groups (broad SMARTS) is 1. The van der Waals surface area contributed by atoms with E-state index in [1.807, 2.05) is 0 Å². The Morgan fingerprint density at radius 3 is 2.72 bits per heavy atom. The molecule has 0 aliphatic rings. The van der Waals surface area contributed by atoms with Gasteiger partial charge in [-0.15, -0.1) is 12.3 Å². The van der Waals surface area contributed by atoms with Gasteiger partial charge in [-0.1, -0.05) is 6.07 Å². The lowest BCUT2D eigenvalue weighted by Crippen LogP contribution is -2.24. The van der Waals surface area contributed by atoms with Gasteiger partial charge in [0.25, 0.3) is 0 Å². The molecule has 0 saturated heterocycles. The molecule has 0 aromatic heterocycles. The predicted molar refractivity (Wildman–Crippen MR) is 66.8 cm³/mol. The summed E-state index contributed by atoms with van der Waals surface area (Å²) in [6, 6.07) is 3.95. The molecule has 18 heavy (non-hydrogen) atoms. The molecule has 0 radical (unpaired) electrons. The number of hydrogen-bond acceptors (Lipinski definition) is 3. The van der Waals surface area contributed by atoms with Crippen molar-refractivity contribution >= 4 is 16.0 Å². The average Bonchev–Trinajstić information content (AvgIpc) is 2.29. The molecule has 0 atom stereocenters. The quantitative estimate of drug-likeness (QED) is 0.615. The number of hydrogen-bond donors (Lipinski definition) is 2. The number of nitrogens with one attached hydrogen (secondary N) is 1. The van der Waals surface area contributed by atoms with Gasteiger partial charge in [-0.3, -0.25) is 0 Å². The minimum absolute atomic E-state index is 0.0326. The second-order valence-electron chi connectivity index (χ2n) is 3.63. The van der Waals surface area contributed by atoms with E-state index in [2.05, 4.69) is 10.6 Å². The van der Waals surface area contributed by atoms with E-state index in [0.717, 1.165) is 6.07 Å². The number of aromatic carboxylic acids is 1. The number of sulfonamides is 1. The van der Waals surface area contributed by atoms with Crippen LogP contribution in [-0.2, 0) is 10.0 Å². The molecular weight excluding hydrogens is 254 g/mol. The maximum Gasteiger partial charge on any atom is 0.335 e. The number of carboxylic acids is 1. The van der Waals surface area contributed by atoms with Gasteiger partial charge in [0.05, 0.1) is 10.5 Å². The Hall–Kier alpha value is -1.84. The van der Waals surface area contributed by atoms with Gasteiger partial charge in [0, 0.05) is 13.0 Å². The highest BCUT2D eigenvalue weighted by atomic mass is 32.2. The summed E-state index contributed by atoms with van der Waals surface area (Å²) >= 11 is 0. The maximum absolute atomic E-state index is 11.8. The summed E-state index contributed by atoms with van der Waals surface area (Å²) in [5.41, 5.74) is 0.472. The molecule has 0 spiro atoms. The monoisotopic (exact) mass is 267 g/mol. The first-order valence-electron chi connectivity index (χ1n) is 5.15. The zero-order valence-corrected chi connectivity index (χ0v) is 10.6. The van der Waals surface area contributed by atoms with Crippen LogP contribution in [0.3, 0.4) is 0 Å². The van der Waals surface area contributed by atoms with Crippen molar-refractivity contribution < 1.29 is 18.3 Å². The first-order valence-corrected chi connectivity index (χ1v) is 6.64. The highest BCUT2D eigenvalue weighted by Crippen LogP contribution is 2.15. The van der Waals surface area contributed by atoms with Crippen molar-refractivity contribution in [3.63, 3.8) is 0 Å². The van der Waals surface area contributed by atoms with Crippen molar-refractivity contribution in [2.45, 2.75) is 18.2 Å². The number of aryl methyl sites for hydroxylation is 1. The van der Waals surface area contributed by atoms with Crippen LogP contribution in [0.1, 0.15) is 22.3 Å². The summed E-state index contributed by atoms with van der Waals surface area (Å²) in [6.45, 7) is 1.72. The highest BCUT2D eigenvalue weighted by Gasteiger charge is 2.16. The van der Waals surface area contributed by atoms with Gasteiger partial charge >= 0.3 is 5.97 Å². The van der Waals surface area contributed by atoms with Gasteiger partial charge in [-0.05, 0) is 24.6 Å². The second kappa shape index (κ2) is 5.67. The molecule has 0 bridgehead atoms. The van der Waals surface area contributed by atoms with Gasteiger partial charge in [-0.25, -0.2) is 17.9 Å². The standard InChI is InChI=1S/C12H13NO4S/c1-3-4-7-13-18(16,17)10-6-5-9(2)11(8-10)12(14)15/h1,5-6,8,13H,4,7H2,2H3,(H,14,15). The van der Waals surface area contributed by atoms with Gasteiger partial charge in [0.15, 0.2) is 0 Å². The predicted octanol–water partition coefficient (Wildman–Crippen LogP) is 0.995. The van der Waals surface area contributed by atoms with Crippen molar-refractivity contribution in [3.8, 4) is 12.3 Å². The Morgan fingerprint density at radius 1 is 1.50 bits per heavy atom. The minimum atomic E-state index is -3.71. The van der Waals surface area contributed by atoms with Gasteiger partial charge in [-0.2, -0.15) is 0 Å². The van der Waals surface area contributed by atoms with E-state index in [0.29, 0.717) is 5.56 Å². The van der Waals surface area contributed by atoms with Gasteiger partial charge in [0.2, 0.25) is 10.0 Å². The van der Waals surface area contributed by atoms with E-state index in [1.54, 1.807) is 6.92 Å². The molecule has 6 heteroatoms. The molecule has 0 unspecified atom stereocenters. The molecule has 2 N–H and O–H groups in total. The van der Waals surface area contributed by atoms with Crippen molar-refractivity contribution in [3.05, 3.63) is 29.3 Å². The van der Waals surface area contributed by atoms with Crippen LogP contribution in [0.25, 0.3) is 0 Å². The average molecular weight is 267 g/mol. The third-order valence-electron chi connectivity index (χ3n) is 2.31. The van der Waals surface area contributed by atoms with Crippen LogP contribution >= 0.6 is 0 Å². The summed E-state index contributed by atoms with van der Waals surface area (Å²) in [4.78, 5) is 10.8. The number of rotatable bonds is 5. The van der Waals surface area contributed by atoms with Crippen LogP contribution in [0, 0.1) is 19.3 Å². The Kier molecular flexibility index (Phi) is 4.48. The van der Waals surface area contributed by atoms with Crippen LogP contribution < -0.4 is 4.72 Å². The summed E-state index contributed by atoms with van der Waals surface area (Å²) in [6.07, 6.45) is 5.29. The van der Waals surface area contributed by atoms with Crippen LogP contribution in [0.2, 0.25) is 0 Å². The minimum Gasteiger partial charge on any atom is -0.478 e. The van der Waals surface area contributed by atoms with Gasteiger partial charge < -0.3 is 5.11 Å². The third kappa shape index (κ3) is 3.32. The molecule has 0 amide bonds. The van der Waals surface area contributed by atoms with E-state index in [9.17, 15) is 13.2 Å². The fourth-order valence-corrected chi connectivity index (χ4v) is 2.40. The van der Waals surface area contributed by atoms with Crippen molar-refractivity contribution in [1.82, 2.24) is 4.72 Å². The number of carbonyl (C=O) groups is 1. The summed E-state index contributed by atoms with van der Waals surface area (Å²) in [7, 11) is -3.71. The molecule has 0 fully saturated rings. The van der Waals surface area contributed by atoms with Crippen LogP contribution in [0.5, 0.6) is 0 Å². The van der Waals surface area contributed by atoms with E-state index in [4.69, 9.17) is 11.5 Å². The highest BCUT2D eigenvalue weighted by molar-refractivity contribution is 7.89. The molecule has 96 valence electrons. The zero-order chi connectivity index (χ0) is 13.8. The molecule has 1 aromatic rings. The number of benzene rings is 1. The Labute approximate surface area is 106 Å². The maximum atomic E-state index is 11.8. The van der Waals surface area contributed by atoms with Crippen LogP contribution in [0.15, 0.2) is 23.1 Å². The van der Waals surface area contributed by atoms with Gasteiger partial charge in [0.1, 0.15) is 0 Å². The molecule has 0 saturated carbocycles. The molecule has 0 aliphatic carbocycles. The third-order valence-corrected chi connectivity index (χ3v) is 3.77.